The van der Waals surface area contributed by atoms with E-state index in [1.165, 1.54) is 0 Å². The number of rotatable bonds is 5. The summed E-state index contributed by atoms with van der Waals surface area (Å²) in [5.74, 6) is 0. The maximum atomic E-state index is 10.1. The fourth-order valence-corrected chi connectivity index (χ4v) is 1.05. The summed E-state index contributed by atoms with van der Waals surface area (Å²) in [7, 11) is -3.16. The SMILES string of the molecule is O=C[C@H](O)[C@@H](O)[C@H](O)[C@H](O)C(O)=S(=O)=O. The van der Waals surface area contributed by atoms with Gasteiger partial charge in [-0.25, -0.2) is 0 Å². The number of hydrogen-bond acceptors (Lipinski definition) is 7. The van der Waals surface area contributed by atoms with Crippen molar-refractivity contribution < 1.29 is 38.7 Å². The molecular formula is C6H10O8S. The van der Waals surface area contributed by atoms with Crippen molar-refractivity contribution in [2.75, 3.05) is 0 Å². The maximum Gasteiger partial charge on any atom is 0.243 e. The van der Waals surface area contributed by atoms with Gasteiger partial charge in [-0.05, 0) is 0 Å². The van der Waals surface area contributed by atoms with E-state index >= 15 is 0 Å². The molecule has 0 bridgehead atoms. The zero-order chi connectivity index (χ0) is 12.2. The molecule has 5 N–H and O–H groups in total. The third kappa shape index (κ3) is 3.66. The highest BCUT2D eigenvalue weighted by Gasteiger charge is 2.33. The predicted octanol–water partition coefficient (Wildman–Crippen LogP) is -3.80. The monoisotopic (exact) mass is 242 g/mol. The summed E-state index contributed by atoms with van der Waals surface area (Å²) < 4.78 is 20.3. The highest BCUT2D eigenvalue weighted by atomic mass is 32.2. The first-order valence-corrected chi connectivity index (χ1v) is 4.73. The Morgan fingerprint density at radius 2 is 1.53 bits per heavy atom. The number of carbonyl (C=O) groups excluding carboxylic acids is 1. The highest BCUT2D eigenvalue weighted by Crippen LogP contribution is 2.04. The first-order valence-electron chi connectivity index (χ1n) is 3.65. The lowest BCUT2D eigenvalue weighted by Crippen LogP contribution is -2.48. The minimum atomic E-state index is -3.16. The van der Waals surface area contributed by atoms with Crippen LogP contribution < -0.4 is 0 Å². The van der Waals surface area contributed by atoms with Gasteiger partial charge in [-0.2, -0.15) is 8.42 Å². The quantitative estimate of drug-likeness (QED) is 0.243. The van der Waals surface area contributed by atoms with Crippen LogP contribution >= 0.6 is 0 Å². The smallest absolute Gasteiger partial charge is 0.243 e. The third-order valence-electron chi connectivity index (χ3n) is 1.59. The van der Waals surface area contributed by atoms with E-state index in [0.717, 1.165) is 0 Å². The molecule has 0 amide bonds. The molecule has 0 aromatic carbocycles. The second-order valence-corrected chi connectivity index (χ2v) is 3.51. The van der Waals surface area contributed by atoms with Gasteiger partial charge in [0.15, 0.2) is 6.29 Å². The van der Waals surface area contributed by atoms with Crippen molar-refractivity contribution in [1.82, 2.24) is 0 Å². The lowest BCUT2D eigenvalue weighted by atomic mass is 10.0. The zero-order valence-electron chi connectivity index (χ0n) is 7.26. The molecule has 0 rings (SSSR count). The molecule has 8 nitrogen and oxygen atoms in total. The van der Waals surface area contributed by atoms with Crippen LogP contribution in [0.4, 0.5) is 0 Å². The van der Waals surface area contributed by atoms with Crippen LogP contribution in [0.2, 0.25) is 0 Å². The summed E-state index contributed by atoms with van der Waals surface area (Å²) in [6, 6.07) is 0. The van der Waals surface area contributed by atoms with Gasteiger partial charge in [0.2, 0.25) is 15.3 Å². The standard InChI is InChI=1S/C6H10O8S/c7-1-2(8)3(9)4(10)5(11)6(12)15(13)14/h1-5,8-12H/t2-,3+,4-,5-/m0/s1. The van der Waals surface area contributed by atoms with Gasteiger partial charge >= 0.3 is 0 Å². The van der Waals surface area contributed by atoms with E-state index in [-0.39, 0.29) is 6.29 Å². The van der Waals surface area contributed by atoms with E-state index in [1.807, 2.05) is 0 Å². The summed E-state index contributed by atoms with van der Waals surface area (Å²) in [6.45, 7) is 0. The van der Waals surface area contributed by atoms with Crippen LogP contribution in [0.5, 0.6) is 0 Å². The van der Waals surface area contributed by atoms with E-state index in [9.17, 15) is 13.2 Å². The summed E-state index contributed by atoms with van der Waals surface area (Å²) in [6.07, 6.45) is -8.74. The van der Waals surface area contributed by atoms with Crippen LogP contribution in [-0.4, -0.2) is 69.7 Å². The summed E-state index contributed by atoms with van der Waals surface area (Å²) >= 11 is 0. The number of aliphatic hydroxyl groups is 5. The Labute approximate surface area is 85.6 Å². The molecule has 0 saturated heterocycles. The fourth-order valence-electron chi connectivity index (χ4n) is 0.714. The van der Waals surface area contributed by atoms with Gasteiger partial charge in [0, 0.05) is 0 Å². The summed E-state index contributed by atoms with van der Waals surface area (Å²) in [4.78, 5) is 9.98. The van der Waals surface area contributed by atoms with Crippen molar-refractivity contribution in [3.8, 4) is 0 Å². The molecule has 0 aliphatic heterocycles. The molecule has 4 atom stereocenters. The van der Waals surface area contributed by atoms with Crippen LogP contribution in [0.3, 0.4) is 0 Å². The number of aldehydes is 1. The number of aliphatic hydroxyl groups excluding tert-OH is 5. The maximum absolute atomic E-state index is 10.1. The predicted molar refractivity (Wildman–Crippen MR) is 46.6 cm³/mol. The van der Waals surface area contributed by atoms with Gasteiger partial charge in [-0.3, -0.25) is 0 Å². The molecule has 0 heterocycles. The fraction of sp³-hybridized carbons (Fsp3) is 0.667. The summed E-state index contributed by atoms with van der Waals surface area (Å²) in [5.41, 5.74) is 0. The molecule has 0 saturated carbocycles. The molecule has 0 aliphatic rings. The molecule has 0 aromatic heterocycles. The lowest BCUT2D eigenvalue weighted by Gasteiger charge is -2.22. The van der Waals surface area contributed by atoms with Crippen LogP contribution in [0, 0.1) is 0 Å². The topological polar surface area (TPSA) is 152 Å². The van der Waals surface area contributed by atoms with Crippen LogP contribution in [0.25, 0.3) is 0 Å². The third-order valence-corrected chi connectivity index (χ3v) is 2.17. The number of hydrogen-bond donors (Lipinski definition) is 5. The van der Waals surface area contributed by atoms with Crippen LogP contribution in [0.15, 0.2) is 0 Å². The molecule has 9 heteroatoms. The largest absolute Gasteiger partial charge is 0.387 e. The molecule has 0 aromatic rings. The van der Waals surface area contributed by atoms with Crippen molar-refractivity contribution in [1.29, 1.82) is 0 Å². The van der Waals surface area contributed by atoms with Gasteiger partial charge in [0.05, 0.1) is 0 Å². The first kappa shape index (κ1) is 14.2. The number of carbonyl (C=O) groups is 1. The Morgan fingerprint density at radius 3 is 1.87 bits per heavy atom. The second-order valence-electron chi connectivity index (χ2n) is 2.63. The van der Waals surface area contributed by atoms with Gasteiger partial charge in [0.1, 0.15) is 24.4 Å². The van der Waals surface area contributed by atoms with E-state index < -0.39 is 39.8 Å². The Kier molecular flexibility index (Phi) is 5.57. The van der Waals surface area contributed by atoms with Crippen molar-refractivity contribution in [3.05, 3.63) is 0 Å². The van der Waals surface area contributed by atoms with Crippen molar-refractivity contribution in [2.24, 2.45) is 0 Å². The first-order chi connectivity index (χ1) is 6.82. The van der Waals surface area contributed by atoms with Crippen LogP contribution in [-0.2, 0) is 15.1 Å². The molecule has 0 spiro atoms. The van der Waals surface area contributed by atoms with Gasteiger partial charge in [-0.1, -0.05) is 0 Å². The molecule has 88 valence electrons. The molecule has 15 heavy (non-hydrogen) atoms. The summed E-state index contributed by atoms with van der Waals surface area (Å²) in [5, 5.41) is 42.9. The lowest BCUT2D eigenvalue weighted by molar-refractivity contribution is -0.130. The molecule has 0 fully saturated rings. The average molecular weight is 242 g/mol. The van der Waals surface area contributed by atoms with Crippen molar-refractivity contribution >= 4 is 21.6 Å². The van der Waals surface area contributed by atoms with Gasteiger partial charge in [-0.15, -0.1) is 0 Å². The van der Waals surface area contributed by atoms with E-state index in [2.05, 4.69) is 0 Å². The Hall–Kier alpha value is -0.840. The van der Waals surface area contributed by atoms with Gasteiger partial charge in [0.25, 0.3) is 0 Å². The Morgan fingerprint density at radius 1 is 1.07 bits per heavy atom. The normalized spacial score (nSPS) is 18.7. The second kappa shape index (κ2) is 5.90. The van der Waals surface area contributed by atoms with E-state index in [0.29, 0.717) is 0 Å². The molecule has 0 radical (unpaired) electrons. The van der Waals surface area contributed by atoms with Crippen LogP contribution in [0.1, 0.15) is 0 Å². The van der Waals surface area contributed by atoms with Gasteiger partial charge < -0.3 is 30.3 Å². The van der Waals surface area contributed by atoms with Crippen molar-refractivity contribution in [2.45, 2.75) is 24.4 Å². The minimum Gasteiger partial charge on any atom is -0.387 e. The van der Waals surface area contributed by atoms with Crippen molar-refractivity contribution in [3.63, 3.8) is 0 Å². The molecule has 0 aliphatic carbocycles. The van der Waals surface area contributed by atoms with E-state index in [1.54, 1.807) is 0 Å². The molecule has 0 unspecified atom stereocenters. The minimum absolute atomic E-state index is 0.119. The Bertz CT molecular complexity index is 338. The zero-order valence-corrected chi connectivity index (χ0v) is 8.07. The highest BCUT2D eigenvalue weighted by molar-refractivity contribution is 7.72. The van der Waals surface area contributed by atoms with E-state index in [4.69, 9.17) is 25.5 Å². The molecular weight excluding hydrogens is 232 g/mol. The average Bonchev–Trinajstić information content (AvgIpc) is 2.23. The Balaban J connectivity index is 4.80.